The summed E-state index contributed by atoms with van der Waals surface area (Å²) in [6.07, 6.45) is -6.57. The number of halogens is 2. The van der Waals surface area contributed by atoms with Crippen molar-refractivity contribution in [2.75, 3.05) is 0 Å². The van der Waals surface area contributed by atoms with E-state index in [1.54, 1.807) is 20.8 Å². The Hall–Kier alpha value is -1.44. The number of alkyl carbamates (subject to hydrolysis) is 1. The summed E-state index contributed by atoms with van der Waals surface area (Å²) in [4.78, 5) is 22.2. The zero-order valence-electron chi connectivity index (χ0n) is 11.0. The first-order valence-corrected chi connectivity index (χ1v) is 5.71. The van der Waals surface area contributed by atoms with Gasteiger partial charge < -0.3 is 20.3 Å². The fourth-order valence-corrected chi connectivity index (χ4v) is 1.17. The van der Waals surface area contributed by atoms with Crippen molar-refractivity contribution in [3.63, 3.8) is 0 Å². The Balaban J connectivity index is 4.35. The molecule has 0 aliphatic carbocycles. The number of hydrogen-bond acceptors (Lipinski definition) is 4. The van der Waals surface area contributed by atoms with Crippen molar-refractivity contribution in [2.24, 2.45) is 0 Å². The second-order valence-electron chi connectivity index (χ2n) is 5.02. The summed E-state index contributed by atoms with van der Waals surface area (Å²) in [6, 6.07) is -1.39. The first-order valence-electron chi connectivity index (χ1n) is 5.71. The van der Waals surface area contributed by atoms with Crippen LogP contribution in [0.15, 0.2) is 0 Å². The van der Waals surface area contributed by atoms with E-state index in [0.717, 1.165) is 0 Å². The Morgan fingerprint density at radius 3 is 2.16 bits per heavy atom. The van der Waals surface area contributed by atoms with Crippen molar-refractivity contribution in [2.45, 2.75) is 57.8 Å². The Bertz CT molecular complexity index is 317. The quantitative estimate of drug-likeness (QED) is 0.684. The monoisotopic (exact) mass is 283 g/mol. The average Bonchev–Trinajstić information content (AvgIpc) is 2.20. The number of alkyl halides is 2. The van der Waals surface area contributed by atoms with Crippen LogP contribution in [0.2, 0.25) is 0 Å². The molecule has 6 nitrogen and oxygen atoms in total. The standard InChI is InChI=1S/C11H19F2NO5/c1-11(2,3)19-10(18)14-6(9(16)17)4-5-7(15)8(12)13/h6-8,15H,4-5H2,1-3H3,(H,14,18)(H,16,17). The summed E-state index contributed by atoms with van der Waals surface area (Å²) in [6.45, 7) is 4.80. The van der Waals surface area contributed by atoms with Crippen LogP contribution in [0, 0.1) is 0 Å². The maximum Gasteiger partial charge on any atom is 0.408 e. The number of hydrogen-bond donors (Lipinski definition) is 3. The molecular weight excluding hydrogens is 264 g/mol. The molecule has 0 radical (unpaired) electrons. The van der Waals surface area contributed by atoms with Gasteiger partial charge in [0.2, 0.25) is 0 Å². The lowest BCUT2D eigenvalue weighted by Crippen LogP contribution is -2.44. The molecule has 0 rings (SSSR count). The Kier molecular flexibility index (Phi) is 6.68. The van der Waals surface area contributed by atoms with E-state index in [1.807, 2.05) is 0 Å². The van der Waals surface area contributed by atoms with Crippen LogP contribution < -0.4 is 5.32 Å². The van der Waals surface area contributed by atoms with Crippen LogP contribution in [0.4, 0.5) is 13.6 Å². The zero-order valence-corrected chi connectivity index (χ0v) is 11.0. The fraction of sp³-hybridized carbons (Fsp3) is 0.818. The van der Waals surface area contributed by atoms with E-state index in [1.165, 1.54) is 0 Å². The average molecular weight is 283 g/mol. The van der Waals surface area contributed by atoms with Crippen molar-refractivity contribution in [1.82, 2.24) is 5.32 Å². The van der Waals surface area contributed by atoms with Crippen LogP contribution in [-0.4, -0.2) is 46.4 Å². The highest BCUT2D eigenvalue weighted by atomic mass is 19.3. The molecule has 112 valence electrons. The topological polar surface area (TPSA) is 95.9 Å². The van der Waals surface area contributed by atoms with Crippen molar-refractivity contribution in [1.29, 1.82) is 0 Å². The number of aliphatic hydroxyl groups is 1. The van der Waals surface area contributed by atoms with Gasteiger partial charge in [-0.2, -0.15) is 0 Å². The van der Waals surface area contributed by atoms with E-state index in [9.17, 15) is 18.4 Å². The Labute approximate surface area is 109 Å². The number of amides is 1. The molecule has 1 amide bonds. The van der Waals surface area contributed by atoms with Crippen LogP contribution in [-0.2, 0) is 9.53 Å². The molecule has 0 fully saturated rings. The van der Waals surface area contributed by atoms with Crippen LogP contribution >= 0.6 is 0 Å². The van der Waals surface area contributed by atoms with Crippen molar-refractivity contribution in [3.05, 3.63) is 0 Å². The predicted octanol–water partition coefficient (Wildman–Crippen LogP) is 1.37. The smallest absolute Gasteiger partial charge is 0.408 e. The number of carbonyl (C=O) groups is 2. The van der Waals surface area contributed by atoms with Gasteiger partial charge in [0.25, 0.3) is 6.43 Å². The molecule has 19 heavy (non-hydrogen) atoms. The van der Waals surface area contributed by atoms with Crippen LogP contribution in [0.3, 0.4) is 0 Å². The number of nitrogens with one attached hydrogen (secondary N) is 1. The van der Waals surface area contributed by atoms with E-state index < -0.39 is 42.7 Å². The second kappa shape index (κ2) is 7.22. The van der Waals surface area contributed by atoms with Crippen LogP contribution in [0.25, 0.3) is 0 Å². The van der Waals surface area contributed by atoms with Gasteiger partial charge in [-0.15, -0.1) is 0 Å². The summed E-state index contributed by atoms with van der Waals surface area (Å²) >= 11 is 0. The minimum atomic E-state index is -2.95. The number of carboxylic acids is 1. The molecule has 0 heterocycles. The van der Waals surface area contributed by atoms with Gasteiger partial charge in [0.05, 0.1) is 0 Å². The molecule has 0 saturated carbocycles. The normalized spacial score (nSPS) is 14.9. The van der Waals surface area contributed by atoms with Crippen LogP contribution in [0.5, 0.6) is 0 Å². The number of carbonyl (C=O) groups excluding carboxylic acids is 1. The predicted molar refractivity (Wildman–Crippen MR) is 62.0 cm³/mol. The van der Waals surface area contributed by atoms with Gasteiger partial charge in [-0.1, -0.05) is 0 Å². The third-order valence-corrected chi connectivity index (χ3v) is 2.03. The SMILES string of the molecule is CC(C)(C)OC(=O)NC(CCC(O)C(F)F)C(=O)O. The van der Waals surface area contributed by atoms with Crippen molar-refractivity contribution >= 4 is 12.1 Å². The first kappa shape index (κ1) is 17.6. The molecule has 0 aromatic heterocycles. The molecular formula is C11H19F2NO5. The van der Waals surface area contributed by atoms with Gasteiger partial charge in [-0.3, -0.25) is 0 Å². The molecule has 8 heteroatoms. The number of aliphatic carboxylic acids is 1. The van der Waals surface area contributed by atoms with Crippen molar-refractivity contribution in [3.8, 4) is 0 Å². The maximum absolute atomic E-state index is 12.1. The van der Waals surface area contributed by atoms with E-state index in [2.05, 4.69) is 5.32 Å². The number of carboxylic acid groups (broad SMARTS) is 1. The highest BCUT2D eigenvalue weighted by Crippen LogP contribution is 2.11. The summed E-state index contributed by atoms with van der Waals surface area (Å²) in [5.41, 5.74) is -0.796. The molecule has 0 aliphatic rings. The molecule has 2 atom stereocenters. The van der Waals surface area contributed by atoms with Gasteiger partial charge in [-0.05, 0) is 33.6 Å². The molecule has 0 aliphatic heterocycles. The highest BCUT2D eigenvalue weighted by Gasteiger charge is 2.26. The Morgan fingerprint density at radius 1 is 1.26 bits per heavy atom. The Morgan fingerprint density at radius 2 is 1.79 bits per heavy atom. The molecule has 0 spiro atoms. The summed E-state index contributed by atoms with van der Waals surface area (Å²) in [5.74, 6) is -1.38. The minimum Gasteiger partial charge on any atom is -0.480 e. The van der Waals surface area contributed by atoms with Gasteiger partial charge in [0.1, 0.15) is 17.7 Å². The lowest BCUT2D eigenvalue weighted by Gasteiger charge is -2.22. The summed E-state index contributed by atoms with van der Waals surface area (Å²) in [7, 11) is 0. The van der Waals surface area contributed by atoms with E-state index in [0.29, 0.717) is 0 Å². The highest BCUT2D eigenvalue weighted by molar-refractivity contribution is 5.79. The number of rotatable bonds is 6. The van der Waals surface area contributed by atoms with Crippen LogP contribution in [0.1, 0.15) is 33.6 Å². The lowest BCUT2D eigenvalue weighted by atomic mass is 10.1. The van der Waals surface area contributed by atoms with Gasteiger partial charge in [0, 0.05) is 0 Å². The van der Waals surface area contributed by atoms with Crippen molar-refractivity contribution < 1.29 is 33.3 Å². The second-order valence-corrected chi connectivity index (χ2v) is 5.02. The molecule has 0 aromatic carbocycles. The minimum absolute atomic E-state index is 0.319. The fourth-order valence-electron chi connectivity index (χ4n) is 1.17. The maximum atomic E-state index is 12.1. The molecule has 0 aromatic rings. The lowest BCUT2D eigenvalue weighted by molar-refractivity contribution is -0.140. The summed E-state index contributed by atoms with van der Waals surface area (Å²) in [5, 5.41) is 19.8. The third kappa shape index (κ3) is 8.30. The largest absolute Gasteiger partial charge is 0.480 e. The molecule has 3 N–H and O–H groups in total. The van der Waals surface area contributed by atoms with E-state index >= 15 is 0 Å². The van der Waals surface area contributed by atoms with Gasteiger partial charge in [0.15, 0.2) is 0 Å². The van der Waals surface area contributed by atoms with Gasteiger partial charge >= 0.3 is 12.1 Å². The number of aliphatic hydroxyl groups excluding tert-OH is 1. The third-order valence-electron chi connectivity index (χ3n) is 2.03. The molecule has 0 saturated heterocycles. The van der Waals surface area contributed by atoms with Gasteiger partial charge in [-0.25, -0.2) is 18.4 Å². The molecule has 0 bridgehead atoms. The molecule has 2 unspecified atom stereocenters. The van der Waals surface area contributed by atoms with E-state index in [-0.39, 0.29) is 6.42 Å². The first-order chi connectivity index (χ1) is 8.53. The number of ether oxygens (including phenoxy) is 1. The van der Waals surface area contributed by atoms with E-state index in [4.69, 9.17) is 14.9 Å². The summed E-state index contributed by atoms with van der Waals surface area (Å²) < 4.78 is 29.0. The zero-order chi connectivity index (χ0) is 15.2.